The number of allylic oxidation sites excluding steroid dienone is 12. The molecule has 0 spiro atoms. The van der Waals surface area contributed by atoms with Crippen LogP contribution in [0.2, 0.25) is 0 Å². The topological polar surface area (TPSA) is 175 Å². The number of hydrogen-bond donors (Lipinski definition) is 3. The van der Waals surface area contributed by atoms with Gasteiger partial charge in [-0.3, -0.25) is 14.4 Å². The Bertz CT molecular complexity index is 1480. The number of carboxylic acid groups (broad SMARTS) is 1. The lowest BCUT2D eigenvalue weighted by Crippen LogP contribution is -2.61. The minimum atomic E-state index is -1.91. The minimum Gasteiger partial charge on any atom is -0.479 e. The highest BCUT2D eigenvalue weighted by molar-refractivity contribution is 5.74. The maximum absolute atomic E-state index is 13.0. The molecule has 1 heterocycles. The summed E-state index contributed by atoms with van der Waals surface area (Å²) in [5.74, 6) is -3.18. The second-order valence-electron chi connectivity index (χ2n) is 18.1. The number of hydrogen-bond acceptors (Lipinski definition) is 11. The summed E-state index contributed by atoms with van der Waals surface area (Å²) in [4.78, 5) is 50.8. The molecule has 12 nitrogen and oxygen atoms in total. The second kappa shape index (κ2) is 45.3. The van der Waals surface area contributed by atoms with Crippen molar-refractivity contribution in [3.05, 3.63) is 72.9 Å². The fourth-order valence-electron chi connectivity index (χ4n) is 7.61. The quantitative estimate of drug-likeness (QED) is 0.0228. The van der Waals surface area contributed by atoms with Crippen molar-refractivity contribution in [2.75, 3.05) is 13.2 Å². The molecule has 69 heavy (non-hydrogen) atoms. The van der Waals surface area contributed by atoms with Gasteiger partial charge in [0.1, 0.15) is 18.8 Å². The fraction of sp³-hybridized carbons (Fsp3) is 0.719. The predicted octanol–water partition coefficient (Wildman–Crippen LogP) is 13.0. The predicted molar refractivity (Wildman–Crippen MR) is 275 cm³/mol. The summed E-state index contributed by atoms with van der Waals surface area (Å²) >= 11 is 0. The van der Waals surface area contributed by atoms with Gasteiger partial charge in [-0.15, -0.1) is 0 Å². The van der Waals surface area contributed by atoms with Gasteiger partial charge in [-0.05, 0) is 83.5 Å². The first kappa shape index (κ1) is 63.2. The van der Waals surface area contributed by atoms with Crippen molar-refractivity contribution in [2.45, 2.75) is 250 Å². The maximum Gasteiger partial charge on any atom is 0.335 e. The number of aliphatic carboxylic acids is 1. The minimum absolute atomic E-state index is 0.0555. The molecule has 12 heteroatoms. The van der Waals surface area contributed by atoms with E-state index in [2.05, 4.69) is 93.7 Å². The third-order valence-corrected chi connectivity index (χ3v) is 11.8. The molecule has 0 aromatic heterocycles. The van der Waals surface area contributed by atoms with Crippen molar-refractivity contribution >= 4 is 23.9 Å². The number of ether oxygens (including phenoxy) is 5. The maximum atomic E-state index is 13.0. The molecule has 0 radical (unpaired) electrons. The number of aliphatic hydroxyl groups excluding tert-OH is 2. The van der Waals surface area contributed by atoms with Gasteiger partial charge in [-0.1, -0.05) is 184 Å². The number of carboxylic acids is 1. The molecule has 1 rings (SSSR count). The highest BCUT2D eigenvalue weighted by atomic mass is 16.7. The Hall–Kier alpha value is -3.84. The van der Waals surface area contributed by atoms with Crippen molar-refractivity contribution in [3.63, 3.8) is 0 Å². The van der Waals surface area contributed by atoms with Crippen molar-refractivity contribution < 1.29 is 58.2 Å². The molecule has 3 N–H and O–H groups in total. The summed E-state index contributed by atoms with van der Waals surface area (Å²) in [6.45, 7) is 5.74. The van der Waals surface area contributed by atoms with Crippen LogP contribution in [0.4, 0.5) is 0 Å². The molecule has 6 atom stereocenters. The van der Waals surface area contributed by atoms with Crippen LogP contribution in [-0.4, -0.2) is 89.2 Å². The van der Waals surface area contributed by atoms with Crippen molar-refractivity contribution in [3.8, 4) is 0 Å². The molecular formula is C57H94O12. The SMILES string of the molecule is CC/C=C\C/C=C\C/C=C\C/C=C\C/C=C\CCCCCC(=O)OCC(COC1OC(C(=O)O)C(O)C(O)C1OC(=O)CCCCCCCCCCC)OC(=O)CCCCCCC/C=C\CCCC. The zero-order valence-corrected chi connectivity index (χ0v) is 43.0. The molecular weight excluding hydrogens is 877 g/mol. The molecule has 0 saturated carbocycles. The molecule has 6 unspecified atom stereocenters. The summed E-state index contributed by atoms with van der Waals surface area (Å²) < 4.78 is 28.2. The van der Waals surface area contributed by atoms with Gasteiger partial charge >= 0.3 is 23.9 Å². The fourth-order valence-corrected chi connectivity index (χ4v) is 7.61. The van der Waals surface area contributed by atoms with Gasteiger partial charge in [0.05, 0.1) is 6.61 Å². The monoisotopic (exact) mass is 971 g/mol. The Morgan fingerprint density at radius 1 is 0.493 bits per heavy atom. The normalized spacial score (nSPS) is 19.2. The van der Waals surface area contributed by atoms with Crippen molar-refractivity contribution in [1.29, 1.82) is 0 Å². The van der Waals surface area contributed by atoms with E-state index in [1.165, 1.54) is 38.5 Å². The van der Waals surface area contributed by atoms with E-state index in [0.29, 0.717) is 19.3 Å². The van der Waals surface area contributed by atoms with Crippen LogP contribution in [0.15, 0.2) is 72.9 Å². The molecule has 0 aromatic carbocycles. The van der Waals surface area contributed by atoms with Crippen LogP contribution in [-0.2, 0) is 42.9 Å². The molecule has 0 aromatic rings. The highest BCUT2D eigenvalue weighted by Gasteiger charge is 2.50. The summed E-state index contributed by atoms with van der Waals surface area (Å²) in [6.07, 6.45) is 43.3. The number of unbranched alkanes of at least 4 members (excludes halogenated alkanes) is 18. The lowest BCUT2D eigenvalue weighted by atomic mass is 9.98. The Morgan fingerprint density at radius 2 is 0.928 bits per heavy atom. The van der Waals surface area contributed by atoms with Crippen LogP contribution in [0.5, 0.6) is 0 Å². The number of carbonyl (C=O) groups excluding carboxylic acids is 3. The molecule has 0 bridgehead atoms. The van der Waals surface area contributed by atoms with E-state index in [-0.39, 0.29) is 25.9 Å². The lowest BCUT2D eigenvalue weighted by molar-refractivity contribution is -0.301. The van der Waals surface area contributed by atoms with E-state index in [1.807, 2.05) is 0 Å². The Morgan fingerprint density at radius 3 is 1.46 bits per heavy atom. The van der Waals surface area contributed by atoms with Gasteiger partial charge in [0.15, 0.2) is 24.6 Å². The molecule has 0 amide bonds. The highest BCUT2D eigenvalue weighted by Crippen LogP contribution is 2.26. The van der Waals surface area contributed by atoms with E-state index < -0.39 is 67.3 Å². The van der Waals surface area contributed by atoms with Gasteiger partial charge in [0.2, 0.25) is 0 Å². The molecule has 0 aliphatic carbocycles. The summed E-state index contributed by atoms with van der Waals surface area (Å²) in [6, 6.07) is 0. The third-order valence-electron chi connectivity index (χ3n) is 11.8. The number of carbonyl (C=O) groups is 4. The van der Waals surface area contributed by atoms with Gasteiger partial charge in [-0.2, -0.15) is 0 Å². The first-order valence-corrected chi connectivity index (χ1v) is 26.9. The summed E-state index contributed by atoms with van der Waals surface area (Å²) in [5.41, 5.74) is 0. The third kappa shape index (κ3) is 35.8. The summed E-state index contributed by atoms with van der Waals surface area (Å²) in [5, 5.41) is 31.3. The average Bonchev–Trinajstić information content (AvgIpc) is 3.33. The zero-order valence-electron chi connectivity index (χ0n) is 43.0. The van der Waals surface area contributed by atoms with Gasteiger partial charge in [0.25, 0.3) is 0 Å². The van der Waals surface area contributed by atoms with Crippen LogP contribution in [0, 0.1) is 0 Å². The van der Waals surface area contributed by atoms with Crippen LogP contribution >= 0.6 is 0 Å². The second-order valence-corrected chi connectivity index (χ2v) is 18.1. The van der Waals surface area contributed by atoms with E-state index in [1.54, 1.807) is 0 Å². The van der Waals surface area contributed by atoms with Crippen LogP contribution in [0.3, 0.4) is 0 Å². The van der Waals surface area contributed by atoms with E-state index in [9.17, 15) is 34.5 Å². The van der Waals surface area contributed by atoms with E-state index in [4.69, 9.17) is 23.7 Å². The lowest BCUT2D eigenvalue weighted by Gasteiger charge is -2.40. The smallest absolute Gasteiger partial charge is 0.335 e. The Balaban J connectivity index is 2.71. The average molecular weight is 971 g/mol. The van der Waals surface area contributed by atoms with Gasteiger partial charge in [-0.25, -0.2) is 4.79 Å². The molecule has 1 aliphatic heterocycles. The molecule has 1 aliphatic rings. The van der Waals surface area contributed by atoms with E-state index >= 15 is 0 Å². The number of esters is 3. The van der Waals surface area contributed by atoms with Crippen LogP contribution in [0.1, 0.15) is 213 Å². The zero-order chi connectivity index (χ0) is 50.4. The van der Waals surface area contributed by atoms with Crippen LogP contribution in [0.25, 0.3) is 0 Å². The van der Waals surface area contributed by atoms with Gasteiger partial charge in [0, 0.05) is 19.3 Å². The molecule has 1 saturated heterocycles. The largest absolute Gasteiger partial charge is 0.479 e. The summed E-state index contributed by atoms with van der Waals surface area (Å²) in [7, 11) is 0. The Kier molecular flexibility index (Phi) is 41.5. The first-order chi connectivity index (χ1) is 33.6. The van der Waals surface area contributed by atoms with Crippen molar-refractivity contribution in [1.82, 2.24) is 0 Å². The number of aliphatic hydroxyl groups is 2. The molecule has 394 valence electrons. The Labute approximate surface area is 417 Å². The first-order valence-electron chi connectivity index (χ1n) is 26.9. The standard InChI is InChI=1S/C57H94O12/c1-4-7-10-13-16-19-21-22-23-24-25-26-27-28-30-32-34-37-40-43-49(58)65-46-48(67-50(59)44-41-38-36-33-29-20-17-14-11-8-5-2)47-66-57-55(53(62)52(61)54(69-57)56(63)64)68-51(60)45-42-39-35-31-18-15-12-9-6-3/h7,10,14,16-17,19,22-23,25-26,28,30,48,52-55,57,61-62H,4-6,8-9,11-13,15,18,20-21,24,27,29,31-47H2,1-3H3,(H,63,64)/b10-7-,17-14-,19-16-,23-22-,26-25-,30-28-. The molecule has 1 fully saturated rings. The van der Waals surface area contributed by atoms with Gasteiger partial charge < -0.3 is 39.0 Å². The van der Waals surface area contributed by atoms with Crippen molar-refractivity contribution in [2.24, 2.45) is 0 Å². The number of rotatable bonds is 44. The van der Waals surface area contributed by atoms with E-state index in [0.717, 1.165) is 116 Å². The van der Waals surface area contributed by atoms with Crippen LogP contribution < -0.4 is 0 Å².